The molecule has 0 aliphatic carbocycles. The molecule has 0 amide bonds. The number of alkyl halides is 4. The van der Waals surface area contributed by atoms with E-state index >= 15 is 0 Å². The first-order valence-corrected chi connectivity index (χ1v) is 8.45. The third-order valence-electron chi connectivity index (χ3n) is 3.85. The quantitative estimate of drug-likeness (QED) is 0.630. The molecule has 134 valence electrons. The third kappa shape index (κ3) is 4.34. The standard InChI is InChI=1S/C18H16BrF3O3/c1-17(2,16(23)24)12-4-3-5-14(9-12)25-15-7-6-13(18(20,21)22)8-11(15)10-19/h3-9H,10H2,1-2H3,(H,23,24). The maximum Gasteiger partial charge on any atom is 0.416 e. The number of hydrogen-bond acceptors (Lipinski definition) is 2. The number of hydrogen-bond donors (Lipinski definition) is 1. The first kappa shape index (κ1) is 19.3. The molecule has 0 spiro atoms. The van der Waals surface area contributed by atoms with E-state index in [0.717, 1.165) is 12.1 Å². The predicted octanol–water partition coefficient (Wildman–Crippen LogP) is 5.75. The molecule has 7 heteroatoms. The molecule has 0 saturated heterocycles. The minimum Gasteiger partial charge on any atom is -0.481 e. The number of carboxylic acid groups (broad SMARTS) is 1. The van der Waals surface area contributed by atoms with Crippen molar-refractivity contribution in [3.05, 3.63) is 59.2 Å². The van der Waals surface area contributed by atoms with E-state index in [-0.39, 0.29) is 11.1 Å². The number of benzene rings is 2. The summed E-state index contributed by atoms with van der Waals surface area (Å²) in [6.07, 6.45) is -4.43. The number of carbonyl (C=O) groups is 1. The zero-order valence-electron chi connectivity index (χ0n) is 13.5. The summed E-state index contributed by atoms with van der Waals surface area (Å²) in [4.78, 5) is 11.4. The summed E-state index contributed by atoms with van der Waals surface area (Å²) in [5.74, 6) is -0.357. The highest BCUT2D eigenvalue weighted by molar-refractivity contribution is 9.08. The molecule has 0 saturated carbocycles. The molecule has 2 aromatic rings. The Bertz CT molecular complexity index is 785. The molecule has 0 heterocycles. The fourth-order valence-electron chi connectivity index (χ4n) is 2.16. The van der Waals surface area contributed by atoms with E-state index in [9.17, 15) is 23.1 Å². The highest BCUT2D eigenvalue weighted by Crippen LogP contribution is 2.36. The summed E-state index contributed by atoms with van der Waals surface area (Å²) in [7, 11) is 0. The fourth-order valence-corrected chi connectivity index (χ4v) is 2.60. The summed E-state index contributed by atoms with van der Waals surface area (Å²) in [5.41, 5.74) is -0.991. The molecule has 0 atom stereocenters. The lowest BCUT2D eigenvalue weighted by molar-refractivity contribution is -0.142. The maximum atomic E-state index is 12.8. The second-order valence-electron chi connectivity index (χ2n) is 6.01. The molecule has 0 aromatic heterocycles. The van der Waals surface area contributed by atoms with Gasteiger partial charge in [-0.05, 0) is 49.7 Å². The number of carboxylic acids is 1. The summed E-state index contributed by atoms with van der Waals surface area (Å²) in [5, 5.41) is 9.50. The Morgan fingerprint density at radius 3 is 2.36 bits per heavy atom. The Morgan fingerprint density at radius 1 is 1.12 bits per heavy atom. The van der Waals surface area contributed by atoms with Gasteiger partial charge in [0.25, 0.3) is 0 Å². The van der Waals surface area contributed by atoms with Gasteiger partial charge in [0.2, 0.25) is 0 Å². The summed E-state index contributed by atoms with van der Waals surface area (Å²) in [6.45, 7) is 3.13. The molecule has 0 fully saturated rings. The summed E-state index contributed by atoms with van der Waals surface area (Å²) >= 11 is 3.16. The van der Waals surface area contributed by atoms with Crippen LogP contribution in [0.2, 0.25) is 0 Å². The van der Waals surface area contributed by atoms with E-state index in [1.807, 2.05) is 0 Å². The largest absolute Gasteiger partial charge is 0.481 e. The van der Waals surface area contributed by atoms with Crippen molar-refractivity contribution in [1.29, 1.82) is 0 Å². The van der Waals surface area contributed by atoms with Crippen molar-refractivity contribution in [1.82, 2.24) is 0 Å². The van der Waals surface area contributed by atoms with Gasteiger partial charge in [0.05, 0.1) is 11.0 Å². The van der Waals surface area contributed by atoms with Gasteiger partial charge in [0.1, 0.15) is 11.5 Å². The van der Waals surface area contributed by atoms with E-state index in [0.29, 0.717) is 16.9 Å². The van der Waals surface area contributed by atoms with Crippen molar-refractivity contribution in [3.63, 3.8) is 0 Å². The van der Waals surface area contributed by atoms with E-state index in [4.69, 9.17) is 4.74 Å². The van der Waals surface area contributed by atoms with Crippen molar-refractivity contribution in [2.24, 2.45) is 0 Å². The minimum absolute atomic E-state index is 0.187. The van der Waals surface area contributed by atoms with Crippen LogP contribution in [-0.4, -0.2) is 11.1 Å². The SMILES string of the molecule is CC(C)(C(=O)O)c1cccc(Oc2ccc(C(F)(F)F)cc2CBr)c1. The van der Waals surface area contributed by atoms with Crippen LogP contribution in [0.15, 0.2) is 42.5 Å². The van der Waals surface area contributed by atoms with Crippen LogP contribution in [0.5, 0.6) is 11.5 Å². The van der Waals surface area contributed by atoms with Crippen LogP contribution in [0.25, 0.3) is 0 Å². The topological polar surface area (TPSA) is 46.5 Å². The lowest BCUT2D eigenvalue weighted by Gasteiger charge is -2.20. The fraction of sp³-hybridized carbons (Fsp3) is 0.278. The molecule has 3 nitrogen and oxygen atoms in total. The minimum atomic E-state index is -4.43. The van der Waals surface area contributed by atoms with Crippen LogP contribution >= 0.6 is 15.9 Å². The van der Waals surface area contributed by atoms with Crippen LogP contribution in [0, 0.1) is 0 Å². The Balaban J connectivity index is 2.36. The molecule has 1 N–H and O–H groups in total. The van der Waals surface area contributed by atoms with Gasteiger partial charge in [-0.1, -0.05) is 28.1 Å². The molecule has 0 radical (unpaired) electrons. The molecule has 0 unspecified atom stereocenters. The monoisotopic (exact) mass is 416 g/mol. The van der Waals surface area contributed by atoms with Crippen LogP contribution in [0.1, 0.15) is 30.5 Å². The van der Waals surface area contributed by atoms with E-state index in [2.05, 4.69) is 15.9 Å². The average molecular weight is 417 g/mol. The zero-order chi connectivity index (χ0) is 18.8. The van der Waals surface area contributed by atoms with Crippen molar-refractivity contribution >= 4 is 21.9 Å². The van der Waals surface area contributed by atoms with Crippen molar-refractivity contribution < 1.29 is 27.8 Å². The van der Waals surface area contributed by atoms with Gasteiger partial charge < -0.3 is 9.84 Å². The van der Waals surface area contributed by atoms with Gasteiger partial charge in [0, 0.05) is 10.9 Å². The summed E-state index contributed by atoms with van der Waals surface area (Å²) in [6, 6.07) is 9.74. The molecule has 0 aliphatic heterocycles. The van der Waals surface area contributed by atoms with Crippen LogP contribution in [0.3, 0.4) is 0 Å². The van der Waals surface area contributed by atoms with E-state index in [1.165, 1.54) is 6.07 Å². The van der Waals surface area contributed by atoms with Crippen molar-refractivity contribution in [2.45, 2.75) is 30.8 Å². The van der Waals surface area contributed by atoms with Gasteiger partial charge in [-0.2, -0.15) is 13.2 Å². The third-order valence-corrected chi connectivity index (χ3v) is 4.45. The Morgan fingerprint density at radius 2 is 1.80 bits per heavy atom. The van der Waals surface area contributed by atoms with Gasteiger partial charge >= 0.3 is 12.1 Å². The summed E-state index contributed by atoms with van der Waals surface area (Å²) < 4.78 is 44.1. The Labute approximate surface area is 151 Å². The lowest BCUT2D eigenvalue weighted by atomic mass is 9.85. The average Bonchev–Trinajstić information content (AvgIpc) is 2.54. The van der Waals surface area contributed by atoms with E-state index in [1.54, 1.807) is 38.1 Å². The number of halogens is 4. The predicted molar refractivity (Wildman–Crippen MR) is 91.3 cm³/mol. The first-order valence-electron chi connectivity index (χ1n) is 7.33. The number of rotatable bonds is 5. The highest BCUT2D eigenvalue weighted by Gasteiger charge is 2.31. The molecule has 25 heavy (non-hydrogen) atoms. The number of ether oxygens (including phenoxy) is 1. The van der Waals surface area contributed by atoms with Gasteiger partial charge in [-0.15, -0.1) is 0 Å². The molecule has 0 aliphatic rings. The van der Waals surface area contributed by atoms with Crippen LogP contribution in [-0.2, 0) is 21.7 Å². The molecular weight excluding hydrogens is 401 g/mol. The second kappa shape index (κ2) is 7.07. The van der Waals surface area contributed by atoms with E-state index < -0.39 is 23.1 Å². The Kier molecular flexibility index (Phi) is 5.46. The highest BCUT2D eigenvalue weighted by atomic mass is 79.9. The van der Waals surface area contributed by atoms with Gasteiger partial charge in [-0.25, -0.2) is 0 Å². The van der Waals surface area contributed by atoms with Gasteiger partial charge in [-0.3, -0.25) is 4.79 Å². The van der Waals surface area contributed by atoms with Crippen LogP contribution in [0.4, 0.5) is 13.2 Å². The van der Waals surface area contributed by atoms with Gasteiger partial charge in [0.15, 0.2) is 0 Å². The molecule has 0 bridgehead atoms. The second-order valence-corrected chi connectivity index (χ2v) is 6.57. The Hall–Kier alpha value is -2.02. The molecule has 2 rings (SSSR count). The lowest BCUT2D eigenvalue weighted by Crippen LogP contribution is -2.28. The smallest absolute Gasteiger partial charge is 0.416 e. The van der Waals surface area contributed by atoms with Crippen molar-refractivity contribution in [3.8, 4) is 11.5 Å². The molecular formula is C18H16BrF3O3. The first-order chi connectivity index (χ1) is 11.6. The maximum absolute atomic E-state index is 12.8. The molecule has 2 aromatic carbocycles. The zero-order valence-corrected chi connectivity index (χ0v) is 15.1. The van der Waals surface area contributed by atoms with Crippen molar-refractivity contribution in [2.75, 3.05) is 0 Å². The number of aliphatic carboxylic acids is 1. The normalized spacial score (nSPS) is 12.1. The van der Waals surface area contributed by atoms with Crippen LogP contribution < -0.4 is 4.74 Å².